The van der Waals surface area contributed by atoms with Crippen LogP contribution in [0.3, 0.4) is 0 Å². The summed E-state index contributed by atoms with van der Waals surface area (Å²) in [5, 5.41) is 2.68. The standard InChI is InChI=1S/C38H37NO6/c1-25(21-35(40)27-11-6-5-7-12-27)44-36(41)34(22-26-17-19-30(20-18-26)45-38(2,3)4)39-37(42)43-24-29-14-10-16-32-31-15-9-8-13-28(31)23-33(29)32/h5-21,34H,22-24H2,1-4H3,(H,39,42)/t34-/m0/s1. The monoisotopic (exact) mass is 603 g/mol. The van der Waals surface area contributed by atoms with E-state index in [-0.39, 0.29) is 30.2 Å². The lowest BCUT2D eigenvalue weighted by molar-refractivity contribution is -0.141. The number of hydrogen-bond donors (Lipinski definition) is 1. The van der Waals surface area contributed by atoms with Crippen LogP contribution in [0.15, 0.2) is 109 Å². The van der Waals surface area contributed by atoms with Gasteiger partial charge in [0.25, 0.3) is 0 Å². The van der Waals surface area contributed by atoms with Crippen molar-refractivity contribution in [1.82, 2.24) is 5.32 Å². The smallest absolute Gasteiger partial charge is 0.408 e. The molecule has 0 bridgehead atoms. The van der Waals surface area contributed by atoms with Gasteiger partial charge in [-0.3, -0.25) is 4.79 Å². The number of rotatable bonds is 10. The van der Waals surface area contributed by atoms with E-state index in [4.69, 9.17) is 14.2 Å². The van der Waals surface area contributed by atoms with Gasteiger partial charge in [0.2, 0.25) is 0 Å². The topological polar surface area (TPSA) is 90.9 Å². The summed E-state index contributed by atoms with van der Waals surface area (Å²) in [6, 6.07) is 29.1. The normalized spacial score (nSPS) is 12.8. The molecule has 0 unspecified atom stereocenters. The number of allylic oxidation sites excluding steroid dienone is 2. The number of hydrogen-bond acceptors (Lipinski definition) is 6. The SMILES string of the molecule is CC(=CC(=O)c1ccccc1)OC(=O)[C@H](Cc1ccc(OC(C)(C)C)cc1)NC(=O)OCc1cccc2c1Cc1ccccc1-2. The Kier molecular flexibility index (Phi) is 9.48. The third kappa shape index (κ3) is 8.26. The summed E-state index contributed by atoms with van der Waals surface area (Å²) >= 11 is 0. The van der Waals surface area contributed by atoms with E-state index >= 15 is 0 Å². The number of benzene rings is 4. The van der Waals surface area contributed by atoms with Crippen molar-refractivity contribution in [3.8, 4) is 16.9 Å². The lowest BCUT2D eigenvalue weighted by Crippen LogP contribution is -2.43. The van der Waals surface area contributed by atoms with Gasteiger partial charge < -0.3 is 19.5 Å². The van der Waals surface area contributed by atoms with Gasteiger partial charge in [0.1, 0.15) is 29.8 Å². The van der Waals surface area contributed by atoms with Crippen LogP contribution < -0.4 is 10.1 Å². The predicted molar refractivity (Wildman–Crippen MR) is 173 cm³/mol. The van der Waals surface area contributed by atoms with Crippen molar-refractivity contribution in [2.24, 2.45) is 0 Å². The minimum absolute atomic E-state index is 0.0497. The highest BCUT2D eigenvalue weighted by molar-refractivity contribution is 6.04. The molecule has 0 radical (unpaired) electrons. The van der Waals surface area contributed by atoms with E-state index in [0.29, 0.717) is 11.3 Å². The number of nitrogens with one attached hydrogen (secondary N) is 1. The second-order valence-corrected chi connectivity index (χ2v) is 12.0. The Morgan fingerprint density at radius 2 is 1.53 bits per heavy atom. The summed E-state index contributed by atoms with van der Waals surface area (Å²) in [7, 11) is 0. The average Bonchev–Trinajstić information content (AvgIpc) is 3.39. The number of amides is 1. The van der Waals surface area contributed by atoms with Gasteiger partial charge in [-0.15, -0.1) is 0 Å². The molecule has 0 heterocycles. The van der Waals surface area contributed by atoms with Crippen molar-refractivity contribution >= 4 is 17.8 Å². The minimum Gasteiger partial charge on any atom is -0.488 e. The maximum absolute atomic E-state index is 13.4. The van der Waals surface area contributed by atoms with E-state index in [0.717, 1.165) is 28.7 Å². The summed E-state index contributed by atoms with van der Waals surface area (Å²) in [5.74, 6) is -0.208. The van der Waals surface area contributed by atoms with Crippen LogP contribution in [0.2, 0.25) is 0 Å². The Labute approximate surface area is 263 Å². The van der Waals surface area contributed by atoms with Crippen LogP contribution in [0.1, 0.15) is 60.3 Å². The van der Waals surface area contributed by atoms with Crippen molar-refractivity contribution < 1.29 is 28.6 Å². The van der Waals surface area contributed by atoms with Crippen molar-refractivity contribution in [2.45, 2.75) is 58.8 Å². The van der Waals surface area contributed by atoms with Gasteiger partial charge in [0.15, 0.2) is 5.78 Å². The van der Waals surface area contributed by atoms with E-state index in [1.165, 1.54) is 24.1 Å². The number of ether oxygens (including phenoxy) is 3. The van der Waals surface area contributed by atoms with E-state index in [1.807, 2.05) is 75.4 Å². The number of carbonyl (C=O) groups is 3. The molecule has 1 amide bonds. The zero-order chi connectivity index (χ0) is 32.0. The van der Waals surface area contributed by atoms with Crippen LogP contribution in [0.5, 0.6) is 5.75 Å². The fourth-order valence-electron chi connectivity index (χ4n) is 5.29. The van der Waals surface area contributed by atoms with Crippen molar-refractivity contribution in [1.29, 1.82) is 0 Å². The Morgan fingerprint density at radius 1 is 0.844 bits per heavy atom. The maximum atomic E-state index is 13.4. The third-order valence-electron chi connectivity index (χ3n) is 7.32. The molecule has 0 spiro atoms. The molecule has 1 aliphatic carbocycles. The number of ketones is 1. The Bertz CT molecular complexity index is 1720. The molecule has 4 aromatic rings. The van der Waals surface area contributed by atoms with Crippen molar-refractivity contribution in [3.63, 3.8) is 0 Å². The van der Waals surface area contributed by atoms with E-state index in [2.05, 4.69) is 23.5 Å². The first-order valence-electron chi connectivity index (χ1n) is 15.0. The summed E-state index contributed by atoms with van der Waals surface area (Å²) < 4.78 is 17.1. The van der Waals surface area contributed by atoms with Crippen LogP contribution >= 0.6 is 0 Å². The first kappa shape index (κ1) is 31.3. The molecule has 0 aromatic heterocycles. The van der Waals surface area contributed by atoms with Crippen LogP contribution in [-0.2, 0) is 33.7 Å². The van der Waals surface area contributed by atoms with Gasteiger partial charge >= 0.3 is 12.1 Å². The Balaban J connectivity index is 1.28. The molecule has 1 N–H and O–H groups in total. The molecule has 4 aromatic carbocycles. The molecule has 0 fully saturated rings. The highest BCUT2D eigenvalue weighted by Gasteiger charge is 2.26. The largest absolute Gasteiger partial charge is 0.488 e. The second kappa shape index (κ2) is 13.6. The summed E-state index contributed by atoms with van der Waals surface area (Å²) in [6.45, 7) is 7.46. The second-order valence-electron chi connectivity index (χ2n) is 12.0. The molecule has 0 saturated carbocycles. The molecule has 0 aliphatic heterocycles. The van der Waals surface area contributed by atoms with Crippen molar-refractivity contribution in [2.75, 3.05) is 0 Å². The van der Waals surface area contributed by atoms with Gasteiger partial charge in [-0.25, -0.2) is 9.59 Å². The fourth-order valence-corrected chi connectivity index (χ4v) is 5.29. The quantitative estimate of drug-likeness (QED) is 0.0765. The lowest BCUT2D eigenvalue weighted by Gasteiger charge is -2.22. The molecule has 7 nitrogen and oxygen atoms in total. The van der Waals surface area contributed by atoms with E-state index in [1.54, 1.807) is 24.3 Å². The van der Waals surface area contributed by atoms with Crippen LogP contribution in [0.25, 0.3) is 11.1 Å². The number of alkyl carbamates (subject to hydrolysis) is 1. The van der Waals surface area contributed by atoms with E-state index < -0.39 is 18.1 Å². The van der Waals surface area contributed by atoms with Crippen LogP contribution in [0.4, 0.5) is 4.79 Å². The lowest BCUT2D eigenvalue weighted by atomic mass is 10.0. The Hall–Kier alpha value is -5.17. The average molecular weight is 604 g/mol. The first-order chi connectivity index (χ1) is 21.6. The van der Waals surface area contributed by atoms with Gasteiger partial charge in [0.05, 0.1) is 0 Å². The highest BCUT2D eigenvalue weighted by Crippen LogP contribution is 2.38. The number of fused-ring (bicyclic) bond motifs is 3. The van der Waals surface area contributed by atoms with Gasteiger partial charge in [-0.05, 0) is 79.6 Å². The number of esters is 1. The summed E-state index contributed by atoms with van der Waals surface area (Å²) in [6.07, 6.45) is 1.42. The highest BCUT2D eigenvalue weighted by atomic mass is 16.6. The molecular weight excluding hydrogens is 566 g/mol. The molecule has 45 heavy (non-hydrogen) atoms. The molecule has 1 aliphatic rings. The van der Waals surface area contributed by atoms with E-state index in [9.17, 15) is 14.4 Å². The zero-order valence-electron chi connectivity index (χ0n) is 26.0. The summed E-state index contributed by atoms with van der Waals surface area (Å²) in [5.41, 5.74) is 6.49. The molecule has 5 rings (SSSR count). The third-order valence-corrected chi connectivity index (χ3v) is 7.32. The summed E-state index contributed by atoms with van der Waals surface area (Å²) in [4.78, 5) is 39.0. The van der Waals surface area contributed by atoms with Gasteiger partial charge in [-0.1, -0.05) is 84.9 Å². The maximum Gasteiger partial charge on any atom is 0.408 e. The van der Waals surface area contributed by atoms with Crippen LogP contribution in [-0.4, -0.2) is 29.5 Å². The molecular formula is C38H37NO6. The molecule has 230 valence electrons. The molecule has 7 heteroatoms. The zero-order valence-corrected chi connectivity index (χ0v) is 26.0. The predicted octanol–water partition coefficient (Wildman–Crippen LogP) is 7.60. The van der Waals surface area contributed by atoms with Gasteiger partial charge in [0, 0.05) is 18.1 Å². The molecule has 0 saturated heterocycles. The molecule has 1 atom stereocenters. The van der Waals surface area contributed by atoms with Crippen molar-refractivity contribution in [3.05, 3.63) is 137 Å². The Morgan fingerprint density at radius 3 is 2.27 bits per heavy atom. The van der Waals surface area contributed by atoms with Crippen LogP contribution in [0, 0.1) is 0 Å². The minimum atomic E-state index is -1.08. The van der Waals surface area contributed by atoms with Gasteiger partial charge in [-0.2, -0.15) is 0 Å². The first-order valence-corrected chi connectivity index (χ1v) is 15.0. The fraction of sp³-hybridized carbons (Fsp3) is 0.237. The number of carbonyl (C=O) groups excluding carboxylic acids is 3.